The molecule has 0 bridgehead atoms. The summed E-state index contributed by atoms with van der Waals surface area (Å²) < 4.78 is 42.7. The van der Waals surface area contributed by atoms with Gasteiger partial charge in [0.25, 0.3) is 0 Å². The summed E-state index contributed by atoms with van der Waals surface area (Å²) in [7, 11) is 0. The highest BCUT2D eigenvalue weighted by Crippen LogP contribution is 2.34. The highest BCUT2D eigenvalue weighted by atomic mass is 32.1. The molecule has 5 nitrogen and oxygen atoms in total. The highest BCUT2D eigenvalue weighted by Gasteiger charge is 2.33. The number of carbonyl (C=O) groups excluding carboxylic acids is 1. The fraction of sp³-hybridized carbons (Fsp3) is 0.286. The maximum Gasteiger partial charge on any atom is 0.427 e. The number of amides is 1. The first-order chi connectivity index (χ1) is 10.8. The van der Waals surface area contributed by atoms with E-state index in [1.165, 1.54) is 6.92 Å². The molecule has 0 fully saturated rings. The Kier molecular flexibility index (Phi) is 5.43. The number of hydrogen-bond acceptors (Lipinski definition) is 5. The Balaban J connectivity index is 1.79. The number of ether oxygens (including phenoxy) is 1. The Morgan fingerprint density at radius 2 is 2.17 bits per heavy atom. The van der Waals surface area contributed by atoms with Crippen molar-refractivity contribution >= 4 is 28.1 Å². The van der Waals surface area contributed by atoms with Crippen LogP contribution in [0.25, 0.3) is 0 Å². The van der Waals surface area contributed by atoms with Gasteiger partial charge in [-0.25, -0.2) is 4.98 Å². The van der Waals surface area contributed by atoms with Crippen molar-refractivity contribution < 1.29 is 22.7 Å². The van der Waals surface area contributed by atoms with Gasteiger partial charge < -0.3 is 15.4 Å². The van der Waals surface area contributed by atoms with Crippen molar-refractivity contribution in [1.29, 1.82) is 0 Å². The topological polar surface area (TPSA) is 63.2 Å². The van der Waals surface area contributed by atoms with Gasteiger partial charge >= 0.3 is 6.18 Å². The molecule has 0 saturated carbocycles. The van der Waals surface area contributed by atoms with Crippen molar-refractivity contribution in [3.05, 3.63) is 35.3 Å². The standard InChI is InChI=1S/C14H14F3N3O2S/c1-9(21)20-10-3-2-4-11(7-10)22-6-5-18-13-19-8-12(23-13)14(15,16)17/h2-4,7-8H,5-6H2,1H3,(H,18,19)(H,20,21). The molecule has 1 amide bonds. The molecule has 2 aromatic rings. The van der Waals surface area contributed by atoms with E-state index in [0.29, 0.717) is 29.3 Å². The SMILES string of the molecule is CC(=O)Nc1cccc(OCCNc2ncc(C(F)(F)F)s2)c1. The fourth-order valence-corrected chi connectivity index (χ4v) is 2.39. The third-order valence-corrected chi connectivity index (χ3v) is 3.59. The van der Waals surface area contributed by atoms with E-state index in [1.54, 1.807) is 24.3 Å². The molecule has 0 radical (unpaired) electrons. The minimum absolute atomic E-state index is 0.187. The third kappa shape index (κ3) is 5.44. The van der Waals surface area contributed by atoms with Gasteiger partial charge in [0.1, 0.15) is 17.2 Å². The van der Waals surface area contributed by atoms with Crippen LogP contribution in [0, 0.1) is 0 Å². The molecule has 1 heterocycles. The van der Waals surface area contributed by atoms with E-state index in [0.717, 1.165) is 6.20 Å². The van der Waals surface area contributed by atoms with Gasteiger partial charge in [0, 0.05) is 18.7 Å². The Labute approximate surface area is 134 Å². The normalized spacial score (nSPS) is 11.1. The second-order valence-corrected chi connectivity index (χ2v) is 5.54. The summed E-state index contributed by atoms with van der Waals surface area (Å²) in [6.07, 6.45) is -3.58. The summed E-state index contributed by atoms with van der Waals surface area (Å²) >= 11 is 0.545. The predicted molar refractivity (Wildman–Crippen MR) is 81.8 cm³/mol. The van der Waals surface area contributed by atoms with Crippen LogP contribution in [0.1, 0.15) is 11.8 Å². The number of thiazole rings is 1. The van der Waals surface area contributed by atoms with E-state index in [-0.39, 0.29) is 17.6 Å². The summed E-state index contributed by atoms with van der Waals surface area (Å²) in [6.45, 7) is 1.94. The zero-order chi connectivity index (χ0) is 16.9. The smallest absolute Gasteiger partial charge is 0.427 e. The number of alkyl halides is 3. The Morgan fingerprint density at radius 1 is 1.39 bits per heavy atom. The van der Waals surface area contributed by atoms with Crippen molar-refractivity contribution in [3.8, 4) is 5.75 Å². The first kappa shape index (κ1) is 17.1. The number of anilines is 2. The molecule has 0 spiro atoms. The highest BCUT2D eigenvalue weighted by molar-refractivity contribution is 7.15. The van der Waals surface area contributed by atoms with E-state index < -0.39 is 11.1 Å². The van der Waals surface area contributed by atoms with Gasteiger partial charge in [-0.1, -0.05) is 17.4 Å². The molecule has 9 heteroatoms. The van der Waals surface area contributed by atoms with Gasteiger partial charge in [-0.3, -0.25) is 4.79 Å². The summed E-state index contributed by atoms with van der Waals surface area (Å²) in [5.74, 6) is 0.362. The number of hydrogen-bond donors (Lipinski definition) is 2. The lowest BCUT2D eigenvalue weighted by Gasteiger charge is -2.08. The predicted octanol–water partition coefficient (Wildman–Crippen LogP) is 3.61. The van der Waals surface area contributed by atoms with E-state index in [1.807, 2.05) is 0 Å². The maximum absolute atomic E-state index is 12.4. The van der Waals surface area contributed by atoms with Crippen LogP contribution in [0.2, 0.25) is 0 Å². The lowest BCUT2D eigenvalue weighted by molar-refractivity contribution is -0.134. The van der Waals surface area contributed by atoms with Gasteiger partial charge in [0.2, 0.25) is 5.91 Å². The second-order valence-electron chi connectivity index (χ2n) is 4.51. The minimum atomic E-state index is -4.38. The van der Waals surface area contributed by atoms with Gasteiger partial charge in [-0.05, 0) is 12.1 Å². The number of halogens is 3. The monoisotopic (exact) mass is 345 g/mol. The zero-order valence-corrected chi connectivity index (χ0v) is 12.9. The molecule has 0 aliphatic heterocycles. The third-order valence-electron chi connectivity index (χ3n) is 2.59. The first-order valence-electron chi connectivity index (χ1n) is 6.62. The molecule has 0 aliphatic rings. The van der Waals surface area contributed by atoms with Gasteiger partial charge in [-0.2, -0.15) is 13.2 Å². The van der Waals surface area contributed by atoms with Gasteiger partial charge in [0.05, 0.1) is 12.7 Å². The van der Waals surface area contributed by atoms with Crippen LogP contribution < -0.4 is 15.4 Å². The molecular weight excluding hydrogens is 331 g/mol. The Bertz CT molecular complexity index is 673. The molecular formula is C14H14F3N3O2S. The molecule has 124 valence electrons. The lowest BCUT2D eigenvalue weighted by Crippen LogP contribution is -2.11. The maximum atomic E-state index is 12.4. The van der Waals surface area contributed by atoms with Gasteiger partial charge in [-0.15, -0.1) is 0 Å². The quantitative estimate of drug-likeness (QED) is 0.785. The van der Waals surface area contributed by atoms with Crippen LogP contribution >= 0.6 is 11.3 Å². The zero-order valence-electron chi connectivity index (χ0n) is 12.1. The van der Waals surface area contributed by atoms with E-state index in [4.69, 9.17) is 4.74 Å². The number of carbonyl (C=O) groups is 1. The van der Waals surface area contributed by atoms with Crippen molar-refractivity contribution in [2.75, 3.05) is 23.8 Å². The second kappa shape index (κ2) is 7.32. The molecule has 0 aliphatic carbocycles. The van der Waals surface area contributed by atoms with Crippen LogP contribution in [0.3, 0.4) is 0 Å². The molecule has 0 unspecified atom stereocenters. The van der Waals surface area contributed by atoms with Crippen molar-refractivity contribution in [2.24, 2.45) is 0 Å². The molecule has 0 saturated heterocycles. The largest absolute Gasteiger partial charge is 0.492 e. The van der Waals surface area contributed by atoms with Crippen LogP contribution in [0.15, 0.2) is 30.5 Å². The Hall–Kier alpha value is -2.29. The molecule has 2 rings (SSSR count). The van der Waals surface area contributed by atoms with E-state index in [2.05, 4.69) is 15.6 Å². The summed E-state index contributed by atoms with van der Waals surface area (Å²) in [5.41, 5.74) is 0.609. The van der Waals surface area contributed by atoms with Gasteiger partial charge in [0.15, 0.2) is 5.13 Å². The number of aromatic nitrogens is 1. The molecule has 23 heavy (non-hydrogen) atoms. The Morgan fingerprint density at radius 3 is 2.83 bits per heavy atom. The van der Waals surface area contributed by atoms with E-state index in [9.17, 15) is 18.0 Å². The minimum Gasteiger partial charge on any atom is -0.492 e. The first-order valence-corrected chi connectivity index (χ1v) is 7.43. The van der Waals surface area contributed by atoms with Crippen LogP contribution in [0.4, 0.5) is 24.0 Å². The summed E-state index contributed by atoms with van der Waals surface area (Å²) in [4.78, 5) is 13.9. The average Bonchev–Trinajstić information content (AvgIpc) is 2.92. The summed E-state index contributed by atoms with van der Waals surface area (Å²) in [5, 5.41) is 5.58. The fourth-order valence-electron chi connectivity index (χ4n) is 1.68. The van der Waals surface area contributed by atoms with Crippen LogP contribution in [-0.2, 0) is 11.0 Å². The van der Waals surface area contributed by atoms with Crippen LogP contribution in [-0.4, -0.2) is 24.0 Å². The number of nitrogens with one attached hydrogen (secondary N) is 2. The molecule has 1 aromatic heterocycles. The molecule has 0 atom stereocenters. The average molecular weight is 345 g/mol. The molecule has 2 N–H and O–H groups in total. The van der Waals surface area contributed by atoms with Crippen LogP contribution in [0.5, 0.6) is 5.75 Å². The number of nitrogens with zero attached hydrogens (tertiary/aromatic N) is 1. The lowest BCUT2D eigenvalue weighted by atomic mass is 10.3. The van der Waals surface area contributed by atoms with E-state index >= 15 is 0 Å². The van der Waals surface area contributed by atoms with Crippen molar-refractivity contribution in [3.63, 3.8) is 0 Å². The number of benzene rings is 1. The molecule has 1 aromatic carbocycles. The van der Waals surface area contributed by atoms with Crippen molar-refractivity contribution in [1.82, 2.24) is 4.98 Å². The summed E-state index contributed by atoms with van der Waals surface area (Å²) in [6, 6.07) is 6.83. The number of rotatable bonds is 6. The van der Waals surface area contributed by atoms with Crippen molar-refractivity contribution in [2.45, 2.75) is 13.1 Å².